The maximum Gasteiger partial charge on any atom is 0.254 e. The van der Waals surface area contributed by atoms with Gasteiger partial charge in [0.25, 0.3) is 5.91 Å². The van der Waals surface area contributed by atoms with E-state index in [4.69, 9.17) is 0 Å². The summed E-state index contributed by atoms with van der Waals surface area (Å²) in [5.74, 6) is -1.28. The van der Waals surface area contributed by atoms with Gasteiger partial charge in [-0.1, -0.05) is 29.8 Å². The molecule has 0 aliphatic rings. The molecule has 0 heterocycles. The van der Waals surface area contributed by atoms with Crippen LogP contribution in [0, 0.1) is 11.7 Å². The Labute approximate surface area is 126 Å². The van der Waals surface area contributed by atoms with E-state index in [1.165, 1.54) is 19.2 Å². The van der Waals surface area contributed by atoms with E-state index in [0.717, 1.165) is 0 Å². The summed E-state index contributed by atoms with van der Waals surface area (Å²) in [6.07, 6.45) is 0.490. The summed E-state index contributed by atoms with van der Waals surface area (Å²) >= 11 is 3.13. The van der Waals surface area contributed by atoms with Crippen molar-refractivity contribution in [2.75, 3.05) is 7.05 Å². The van der Waals surface area contributed by atoms with Gasteiger partial charge in [0, 0.05) is 11.5 Å². The summed E-state index contributed by atoms with van der Waals surface area (Å²) in [4.78, 5) is 23.8. The highest BCUT2D eigenvalue weighted by molar-refractivity contribution is 9.10. The fraction of sp³-hybridized carbons (Fsp3) is 0.429. The first-order valence-electron chi connectivity index (χ1n) is 6.32. The van der Waals surface area contributed by atoms with E-state index in [2.05, 4.69) is 26.6 Å². The van der Waals surface area contributed by atoms with E-state index in [9.17, 15) is 14.0 Å². The van der Waals surface area contributed by atoms with Gasteiger partial charge >= 0.3 is 0 Å². The van der Waals surface area contributed by atoms with Crippen LogP contribution in [0.1, 0.15) is 30.6 Å². The summed E-state index contributed by atoms with van der Waals surface area (Å²) in [6.45, 7) is 3.89. The van der Waals surface area contributed by atoms with Crippen LogP contribution in [0.2, 0.25) is 0 Å². The fourth-order valence-electron chi connectivity index (χ4n) is 1.79. The zero-order valence-corrected chi connectivity index (χ0v) is 13.3. The van der Waals surface area contributed by atoms with E-state index < -0.39 is 17.8 Å². The Morgan fingerprint density at radius 3 is 2.50 bits per heavy atom. The van der Waals surface area contributed by atoms with E-state index in [1.54, 1.807) is 6.07 Å². The van der Waals surface area contributed by atoms with Crippen LogP contribution < -0.4 is 10.6 Å². The topological polar surface area (TPSA) is 58.2 Å². The lowest BCUT2D eigenvalue weighted by atomic mass is 10.0. The van der Waals surface area contributed by atoms with Crippen molar-refractivity contribution in [3.8, 4) is 0 Å². The third-order valence-electron chi connectivity index (χ3n) is 2.75. The van der Waals surface area contributed by atoms with Crippen molar-refractivity contribution in [2.24, 2.45) is 5.92 Å². The molecular formula is C14H18BrFN2O2. The zero-order valence-electron chi connectivity index (χ0n) is 11.7. The first kappa shape index (κ1) is 16.6. The van der Waals surface area contributed by atoms with Crippen molar-refractivity contribution in [3.63, 3.8) is 0 Å². The summed E-state index contributed by atoms with van der Waals surface area (Å²) in [5.41, 5.74) is -0.0779. The molecule has 4 nitrogen and oxygen atoms in total. The highest BCUT2D eigenvalue weighted by Crippen LogP contribution is 2.15. The van der Waals surface area contributed by atoms with Crippen LogP contribution in [-0.2, 0) is 4.79 Å². The molecule has 20 heavy (non-hydrogen) atoms. The Bertz CT molecular complexity index is 506. The van der Waals surface area contributed by atoms with E-state index in [1.807, 2.05) is 13.8 Å². The zero-order chi connectivity index (χ0) is 15.3. The average molecular weight is 345 g/mol. The summed E-state index contributed by atoms with van der Waals surface area (Å²) in [6, 6.07) is 3.50. The van der Waals surface area contributed by atoms with Gasteiger partial charge in [-0.15, -0.1) is 0 Å². The second-order valence-corrected chi connectivity index (χ2v) is 5.81. The standard InChI is InChI=1S/C14H18BrFN2O2/c1-8(2)6-12(14(20)17-3)18-13(19)10-5-4-9(15)7-11(10)16/h4-5,7-8,12H,6H2,1-3H3,(H,17,20)(H,18,19). The minimum Gasteiger partial charge on any atom is -0.357 e. The molecular weight excluding hydrogens is 327 g/mol. The molecule has 1 rings (SSSR count). The Balaban J connectivity index is 2.87. The normalized spacial score (nSPS) is 12.1. The third-order valence-corrected chi connectivity index (χ3v) is 3.24. The summed E-state index contributed by atoms with van der Waals surface area (Å²) in [7, 11) is 1.50. The molecule has 1 aromatic rings. The molecule has 2 amide bonds. The quantitative estimate of drug-likeness (QED) is 0.861. The lowest BCUT2D eigenvalue weighted by Crippen LogP contribution is -2.46. The minimum absolute atomic E-state index is 0.0779. The van der Waals surface area contributed by atoms with Crippen molar-refractivity contribution < 1.29 is 14.0 Å². The van der Waals surface area contributed by atoms with Crippen molar-refractivity contribution in [2.45, 2.75) is 26.3 Å². The molecule has 6 heteroatoms. The molecule has 0 aliphatic heterocycles. The van der Waals surface area contributed by atoms with Crippen molar-refractivity contribution in [1.29, 1.82) is 0 Å². The largest absolute Gasteiger partial charge is 0.357 e. The van der Waals surface area contributed by atoms with Gasteiger partial charge in [-0.3, -0.25) is 9.59 Å². The number of hydrogen-bond donors (Lipinski definition) is 2. The molecule has 1 unspecified atom stereocenters. The molecule has 0 saturated heterocycles. The molecule has 1 aromatic carbocycles. The Kier molecular flexibility index (Phi) is 6.13. The SMILES string of the molecule is CNC(=O)C(CC(C)C)NC(=O)c1ccc(Br)cc1F. The van der Waals surface area contributed by atoms with Gasteiger partial charge in [-0.05, 0) is 30.5 Å². The van der Waals surface area contributed by atoms with E-state index in [0.29, 0.717) is 10.9 Å². The average Bonchev–Trinajstić information content (AvgIpc) is 2.36. The second kappa shape index (κ2) is 7.38. The maximum atomic E-state index is 13.7. The van der Waals surface area contributed by atoms with Gasteiger partial charge in [0.1, 0.15) is 11.9 Å². The van der Waals surface area contributed by atoms with Crippen molar-refractivity contribution >= 4 is 27.7 Å². The maximum absolute atomic E-state index is 13.7. The molecule has 110 valence electrons. The molecule has 0 bridgehead atoms. The van der Waals surface area contributed by atoms with Crippen LogP contribution in [0.25, 0.3) is 0 Å². The summed E-state index contributed by atoms with van der Waals surface area (Å²) < 4.78 is 14.3. The number of carbonyl (C=O) groups excluding carboxylic acids is 2. The third kappa shape index (κ3) is 4.59. The van der Waals surface area contributed by atoms with Gasteiger partial charge in [0.15, 0.2) is 0 Å². The monoisotopic (exact) mass is 344 g/mol. The van der Waals surface area contributed by atoms with Gasteiger partial charge in [-0.25, -0.2) is 4.39 Å². The highest BCUT2D eigenvalue weighted by Gasteiger charge is 2.22. The van der Waals surface area contributed by atoms with Gasteiger partial charge < -0.3 is 10.6 Å². The fourth-order valence-corrected chi connectivity index (χ4v) is 2.12. The van der Waals surface area contributed by atoms with E-state index in [-0.39, 0.29) is 17.4 Å². The predicted octanol–water partition coefficient (Wildman–Crippen LogP) is 2.48. The summed E-state index contributed by atoms with van der Waals surface area (Å²) in [5, 5.41) is 5.07. The highest BCUT2D eigenvalue weighted by atomic mass is 79.9. The number of carbonyl (C=O) groups is 2. The van der Waals surface area contributed by atoms with Crippen LogP contribution in [0.4, 0.5) is 4.39 Å². The number of rotatable bonds is 5. The smallest absolute Gasteiger partial charge is 0.254 e. The number of hydrogen-bond acceptors (Lipinski definition) is 2. The van der Waals surface area contributed by atoms with Crippen molar-refractivity contribution in [3.05, 3.63) is 34.1 Å². The molecule has 0 aliphatic carbocycles. The number of halogens is 2. The van der Waals surface area contributed by atoms with Crippen molar-refractivity contribution in [1.82, 2.24) is 10.6 Å². The van der Waals surface area contributed by atoms with Gasteiger partial charge in [0.2, 0.25) is 5.91 Å². The predicted molar refractivity (Wildman–Crippen MR) is 78.9 cm³/mol. The van der Waals surface area contributed by atoms with Gasteiger partial charge in [0.05, 0.1) is 5.56 Å². The van der Waals surface area contributed by atoms with Crippen LogP contribution in [0.15, 0.2) is 22.7 Å². The Morgan fingerprint density at radius 1 is 1.35 bits per heavy atom. The van der Waals surface area contributed by atoms with Crippen LogP contribution in [0.5, 0.6) is 0 Å². The molecule has 0 saturated carbocycles. The first-order valence-corrected chi connectivity index (χ1v) is 7.12. The molecule has 1 atom stereocenters. The number of benzene rings is 1. The molecule has 0 aromatic heterocycles. The van der Waals surface area contributed by atoms with Crippen LogP contribution in [0.3, 0.4) is 0 Å². The van der Waals surface area contributed by atoms with E-state index >= 15 is 0 Å². The minimum atomic E-state index is -0.671. The molecule has 0 spiro atoms. The number of nitrogens with one attached hydrogen (secondary N) is 2. The lowest BCUT2D eigenvalue weighted by molar-refractivity contribution is -0.122. The van der Waals surface area contributed by atoms with Crippen LogP contribution in [-0.4, -0.2) is 24.9 Å². The van der Waals surface area contributed by atoms with Gasteiger partial charge in [-0.2, -0.15) is 0 Å². The lowest BCUT2D eigenvalue weighted by Gasteiger charge is -2.19. The second-order valence-electron chi connectivity index (χ2n) is 4.89. The molecule has 0 radical (unpaired) electrons. The molecule has 0 fully saturated rings. The van der Waals surface area contributed by atoms with Crippen LogP contribution >= 0.6 is 15.9 Å². The number of likely N-dealkylation sites (N-methyl/N-ethyl adjacent to an activating group) is 1. The number of amides is 2. The Morgan fingerprint density at radius 2 is 2.00 bits per heavy atom. The first-order chi connectivity index (χ1) is 9.35. The Hall–Kier alpha value is -1.43. The molecule has 2 N–H and O–H groups in total.